The molecule has 0 bridgehead atoms. The largest absolute Gasteiger partial charge is 0.350 e. The molecule has 1 saturated heterocycles. The quantitative estimate of drug-likeness (QED) is 0.712. The van der Waals surface area contributed by atoms with Crippen molar-refractivity contribution in [1.29, 1.82) is 0 Å². The van der Waals surface area contributed by atoms with Crippen LogP contribution in [0.15, 0.2) is 48.5 Å². The first-order valence-corrected chi connectivity index (χ1v) is 9.09. The van der Waals surface area contributed by atoms with Crippen LogP contribution in [0.3, 0.4) is 0 Å². The highest BCUT2D eigenvalue weighted by Gasteiger charge is 2.38. The summed E-state index contributed by atoms with van der Waals surface area (Å²) in [6.45, 7) is 5.83. The van der Waals surface area contributed by atoms with Crippen LogP contribution < -0.4 is 4.90 Å². The van der Waals surface area contributed by atoms with Crippen molar-refractivity contribution in [3.05, 3.63) is 54.1 Å². The summed E-state index contributed by atoms with van der Waals surface area (Å²) in [5.41, 5.74) is 5.71. The molecule has 4 rings (SSSR count). The summed E-state index contributed by atoms with van der Waals surface area (Å²) in [7, 11) is 0. The van der Waals surface area contributed by atoms with Crippen LogP contribution in [0.2, 0.25) is 0 Å². The Labute approximate surface area is 139 Å². The summed E-state index contributed by atoms with van der Waals surface area (Å²) in [5, 5.41) is 0. The van der Waals surface area contributed by atoms with E-state index in [0.717, 1.165) is 6.54 Å². The molecular weight excluding hydrogens is 280 g/mol. The van der Waals surface area contributed by atoms with Crippen molar-refractivity contribution in [3.8, 4) is 11.1 Å². The smallest absolute Gasteiger partial charge is 0.109 e. The van der Waals surface area contributed by atoms with E-state index in [1.807, 2.05) is 0 Å². The number of unbranched alkanes of at least 4 members (excludes halogenated alkanes) is 3. The normalized spacial score (nSPS) is 19.3. The van der Waals surface area contributed by atoms with E-state index in [1.54, 1.807) is 0 Å². The van der Waals surface area contributed by atoms with Crippen LogP contribution in [-0.2, 0) is 0 Å². The molecule has 120 valence electrons. The van der Waals surface area contributed by atoms with Gasteiger partial charge in [0.2, 0.25) is 0 Å². The van der Waals surface area contributed by atoms with Gasteiger partial charge in [0.25, 0.3) is 0 Å². The molecule has 0 aromatic heterocycles. The molecular formula is C21H26N2. The molecule has 0 aliphatic carbocycles. The second-order valence-electron chi connectivity index (χ2n) is 6.77. The Morgan fingerprint density at radius 3 is 2.52 bits per heavy atom. The Morgan fingerprint density at radius 1 is 0.870 bits per heavy atom. The van der Waals surface area contributed by atoms with Crippen molar-refractivity contribution in [2.45, 2.75) is 38.8 Å². The maximum absolute atomic E-state index is 2.68. The van der Waals surface area contributed by atoms with Crippen LogP contribution >= 0.6 is 0 Å². The number of rotatable bonds is 5. The number of para-hydroxylation sites is 1. The van der Waals surface area contributed by atoms with Crippen molar-refractivity contribution < 1.29 is 0 Å². The van der Waals surface area contributed by atoms with Gasteiger partial charge in [0.05, 0.1) is 0 Å². The molecule has 2 nitrogen and oxygen atoms in total. The lowest BCUT2D eigenvalue weighted by Crippen LogP contribution is -2.34. The predicted molar refractivity (Wildman–Crippen MR) is 97.7 cm³/mol. The lowest BCUT2D eigenvalue weighted by atomic mass is 9.91. The van der Waals surface area contributed by atoms with E-state index in [0.29, 0.717) is 6.17 Å². The Hall–Kier alpha value is -1.80. The predicted octanol–water partition coefficient (Wildman–Crippen LogP) is 5.07. The zero-order valence-corrected chi connectivity index (χ0v) is 14.0. The highest BCUT2D eigenvalue weighted by molar-refractivity contribution is 5.84. The fourth-order valence-corrected chi connectivity index (χ4v) is 4.19. The summed E-state index contributed by atoms with van der Waals surface area (Å²) in [4.78, 5) is 5.29. The van der Waals surface area contributed by atoms with E-state index in [4.69, 9.17) is 0 Å². The van der Waals surface area contributed by atoms with E-state index in [1.165, 1.54) is 61.2 Å². The van der Waals surface area contributed by atoms with E-state index in [9.17, 15) is 0 Å². The molecule has 0 saturated carbocycles. The van der Waals surface area contributed by atoms with Crippen LogP contribution in [0.25, 0.3) is 11.1 Å². The number of anilines is 1. The van der Waals surface area contributed by atoms with E-state index in [2.05, 4.69) is 65.3 Å². The van der Waals surface area contributed by atoms with E-state index < -0.39 is 0 Å². The molecule has 1 atom stereocenters. The van der Waals surface area contributed by atoms with Crippen LogP contribution in [0, 0.1) is 0 Å². The van der Waals surface area contributed by atoms with Crippen molar-refractivity contribution in [2.75, 3.05) is 24.5 Å². The minimum Gasteiger partial charge on any atom is -0.350 e. The minimum absolute atomic E-state index is 0.433. The number of hydrogen-bond donors (Lipinski definition) is 0. The summed E-state index contributed by atoms with van der Waals surface area (Å²) in [6.07, 6.45) is 5.79. The first-order valence-electron chi connectivity index (χ1n) is 9.09. The van der Waals surface area contributed by atoms with Crippen LogP contribution in [0.4, 0.5) is 5.69 Å². The summed E-state index contributed by atoms with van der Waals surface area (Å²) < 4.78 is 0. The van der Waals surface area contributed by atoms with Gasteiger partial charge in [-0.05, 0) is 23.6 Å². The Kier molecular flexibility index (Phi) is 4.09. The molecule has 2 heteroatoms. The lowest BCUT2D eigenvalue weighted by Gasteiger charge is -2.38. The zero-order chi connectivity index (χ0) is 15.6. The summed E-state index contributed by atoms with van der Waals surface area (Å²) in [5.74, 6) is 0. The van der Waals surface area contributed by atoms with Gasteiger partial charge in [0, 0.05) is 30.9 Å². The maximum atomic E-state index is 2.68. The summed E-state index contributed by atoms with van der Waals surface area (Å²) >= 11 is 0. The van der Waals surface area contributed by atoms with Gasteiger partial charge in [-0.25, -0.2) is 0 Å². The van der Waals surface area contributed by atoms with Crippen molar-refractivity contribution in [1.82, 2.24) is 4.90 Å². The van der Waals surface area contributed by atoms with Crippen LogP contribution in [0.5, 0.6) is 0 Å². The highest BCUT2D eigenvalue weighted by atomic mass is 15.4. The molecule has 1 unspecified atom stereocenters. The highest BCUT2D eigenvalue weighted by Crippen LogP contribution is 2.47. The fraction of sp³-hybridized carbons (Fsp3) is 0.429. The third kappa shape index (κ3) is 2.55. The van der Waals surface area contributed by atoms with E-state index in [-0.39, 0.29) is 0 Å². The first-order chi connectivity index (χ1) is 11.4. The second kappa shape index (κ2) is 6.37. The van der Waals surface area contributed by atoms with E-state index >= 15 is 0 Å². The van der Waals surface area contributed by atoms with Gasteiger partial charge in [0.15, 0.2) is 0 Å². The van der Waals surface area contributed by atoms with Crippen molar-refractivity contribution >= 4 is 5.69 Å². The SMILES string of the molecule is CCCCCCN1CCN2c3ccccc3-c3ccccc3C12. The first kappa shape index (κ1) is 14.8. The Balaban J connectivity index is 1.66. The van der Waals surface area contributed by atoms with Gasteiger partial charge >= 0.3 is 0 Å². The Morgan fingerprint density at radius 2 is 1.65 bits per heavy atom. The van der Waals surface area contributed by atoms with Gasteiger partial charge in [-0.3, -0.25) is 4.90 Å². The average molecular weight is 306 g/mol. The number of fused-ring (bicyclic) bond motifs is 6. The lowest BCUT2D eigenvalue weighted by molar-refractivity contribution is 0.252. The number of hydrogen-bond acceptors (Lipinski definition) is 2. The maximum Gasteiger partial charge on any atom is 0.109 e. The monoisotopic (exact) mass is 306 g/mol. The minimum atomic E-state index is 0.433. The molecule has 2 aromatic rings. The topological polar surface area (TPSA) is 6.48 Å². The van der Waals surface area contributed by atoms with Crippen LogP contribution in [0.1, 0.15) is 44.3 Å². The molecule has 0 amide bonds. The fourth-order valence-electron chi connectivity index (χ4n) is 4.19. The molecule has 2 aliphatic rings. The number of benzene rings is 2. The molecule has 0 radical (unpaired) electrons. The van der Waals surface area contributed by atoms with Gasteiger partial charge < -0.3 is 4.90 Å². The molecule has 2 aliphatic heterocycles. The molecule has 2 heterocycles. The molecule has 23 heavy (non-hydrogen) atoms. The van der Waals surface area contributed by atoms with Gasteiger partial charge in [-0.15, -0.1) is 0 Å². The van der Waals surface area contributed by atoms with Crippen molar-refractivity contribution in [2.24, 2.45) is 0 Å². The average Bonchev–Trinajstić information content (AvgIpc) is 3.03. The third-order valence-corrected chi connectivity index (χ3v) is 5.31. The van der Waals surface area contributed by atoms with Gasteiger partial charge in [-0.2, -0.15) is 0 Å². The molecule has 1 fully saturated rings. The number of nitrogens with zero attached hydrogens (tertiary/aromatic N) is 2. The standard InChI is InChI=1S/C21H26N2/c1-2-3-4-9-14-22-15-16-23-20-13-8-7-11-18(20)17-10-5-6-12-19(17)21(22)23/h5-8,10-13,21H,2-4,9,14-16H2,1H3. The van der Waals surface area contributed by atoms with Gasteiger partial charge in [0.1, 0.15) is 6.17 Å². The Bertz CT molecular complexity index is 679. The molecule has 0 spiro atoms. The summed E-state index contributed by atoms with van der Waals surface area (Å²) in [6, 6.07) is 17.9. The van der Waals surface area contributed by atoms with Gasteiger partial charge in [-0.1, -0.05) is 68.7 Å². The second-order valence-corrected chi connectivity index (χ2v) is 6.77. The molecule has 0 N–H and O–H groups in total. The van der Waals surface area contributed by atoms with Crippen LogP contribution in [-0.4, -0.2) is 24.5 Å². The van der Waals surface area contributed by atoms with Crippen molar-refractivity contribution in [3.63, 3.8) is 0 Å². The third-order valence-electron chi connectivity index (χ3n) is 5.31. The zero-order valence-electron chi connectivity index (χ0n) is 14.0. The molecule has 2 aromatic carbocycles.